The van der Waals surface area contributed by atoms with Crippen molar-refractivity contribution >= 4 is 81.1 Å². The average molecular weight is 640 g/mol. The van der Waals surface area contributed by atoms with Gasteiger partial charge in [0.05, 0.1) is 16.6 Å². The van der Waals surface area contributed by atoms with E-state index in [1.807, 2.05) is 43.3 Å². The van der Waals surface area contributed by atoms with Crippen molar-refractivity contribution in [1.29, 1.82) is 0 Å². The van der Waals surface area contributed by atoms with Gasteiger partial charge >= 0.3 is 4.87 Å². The summed E-state index contributed by atoms with van der Waals surface area (Å²) in [6, 6.07) is 21.0. The Labute approximate surface area is 259 Å². The van der Waals surface area contributed by atoms with E-state index >= 15 is 0 Å². The second-order valence-corrected chi connectivity index (χ2v) is 13.2. The predicted octanol–water partition coefficient (Wildman–Crippen LogP) is 5.72. The number of carbonyl (C=O) groups is 3. The first-order chi connectivity index (χ1) is 20.1. The quantitative estimate of drug-likeness (QED) is 0.272. The molecule has 1 aromatic heterocycles. The highest BCUT2D eigenvalue weighted by atomic mass is 35.5. The van der Waals surface area contributed by atoms with Crippen molar-refractivity contribution in [3.63, 3.8) is 0 Å². The van der Waals surface area contributed by atoms with Gasteiger partial charge in [-0.3, -0.25) is 23.7 Å². The number of benzene rings is 3. The maximum Gasteiger partial charge on any atom is 0.308 e. The topological polar surface area (TPSA) is 91.7 Å². The fourth-order valence-electron chi connectivity index (χ4n) is 5.32. The number of hydrogen-bond acceptors (Lipinski definition) is 7. The molecule has 8 nitrogen and oxygen atoms in total. The molecule has 1 saturated heterocycles. The van der Waals surface area contributed by atoms with Crippen LogP contribution in [0.25, 0.3) is 0 Å². The summed E-state index contributed by atoms with van der Waals surface area (Å²) >= 11 is 14.2. The van der Waals surface area contributed by atoms with Crippen molar-refractivity contribution in [1.82, 2.24) is 4.57 Å². The molecule has 0 spiro atoms. The van der Waals surface area contributed by atoms with Gasteiger partial charge in [0.15, 0.2) is 0 Å². The number of amides is 3. The summed E-state index contributed by atoms with van der Waals surface area (Å²) in [6.07, 6.45) is 0. The minimum absolute atomic E-state index is 0.243. The number of anilines is 3. The minimum atomic E-state index is -0.779. The number of hydrogen-bond donors (Lipinski definition) is 1. The molecule has 12 heteroatoms. The Morgan fingerprint density at radius 1 is 0.881 bits per heavy atom. The Morgan fingerprint density at radius 3 is 2.12 bits per heavy atom. The van der Waals surface area contributed by atoms with Gasteiger partial charge in [0.1, 0.15) is 11.8 Å². The van der Waals surface area contributed by atoms with Gasteiger partial charge in [-0.15, -0.1) is 0 Å². The lowest BCUT2D eigenvalue weighted by Gasteiger charge is -2.31. The molecule has 3 heterocycles. The largest absolute Gasteiger partial charge is 0.378 e. The molecule has 4 aromatic rings. The van der Waals surface area contributed by atoms with E-state index in [2.05, 4.69) is 5.32 Å². The summed E-state index contributed by atoms with van der Waals surface area (Å²) in [5, 5.41) is 3.57. The first kappa shape index (κ1) is 28.5. The van der Waals surface area contributed by atoms with Crippen LogP contribution in [0.5, 0.6) is 0 Å². The molecule has 1 fully saturated rings. The molecule has 214 valence electrons. The standard InChI is InChI=1S/C30H24Cl2N4O4S2/c1-34(2)20-11-3-16(4-12-20)23-24-25(28(39)36(27(24)38)21-13-7-18(32)8-14-21)41-29-26(23)42-30(40)35(29)15-22(37)33-19-9-5-17(31)6-10-19/h3-14,23-25H,15H2,1-2H3,(H,33,37)/t23-,24-,25+/m0/s1. The molecule has 6 rings (SSSR count). The number of carbonyl (C=O) groups excluding carboxylic acids is 3. The number of imide groups is 1. The summed E-state index contributed by atoms with van der Waals surface area (Å²) in [5.74, 6) is -2.38. The van der Waals surface area contributed by atoms with E-state index in [0.29, 0.717) is 31.3 Å². The van der Waals surface area contributed by atoms with Gasteiger partial charge in [0.25, 0.3) is 0 Å². The van der Waals surface area contributed by atoms with Crippen LogP contribution in [0.2, 0.25) is 10.0 Å². The molecule has 0 aliphatic carbocycles. The third-order valence-electron chi connectivity index (χ3n) is 7.33. The molecule has 2 aliphatic heterocycles. The van der Waals surface area contributed by atoms with Gasteiger partial charge in [0.2, 0.25) is 17.7 Å². The molecule has 3 atom stereocenters. The van der Waals surface area contributed by atoms with Crippen LogP contribution in [0, 0.1) is 5.92 Å². The molecular formula is C30H24Cl2N4O4S2. The number of halogens is 2. The maximum atomic E-state index is 14.0. The Kier molecular flexibility index (Phi) is 7.65. The van der Waals surface area contributed by atoms with E-state index in [1.165, 1.54) is 21.2 Å². The van der Waals surface area contributed by atoms with E-state index in [0.717, 1.165) is 22.6 Å². The minimum Gasteiger partial charge on any atom is -0.378 e. The lowest BCUT2D eigenvalue weighted by atomic mass is 9.83. The van der Waals surface area contributed by atoms with Crippen LogP contribution < -0.4 is 20.0 Å². The van der Waals surface area contributed by atoms with Gasteiger partial charge in [-0.1, -0.05) is 58.4 Å². The van der Waals surface area contributed by atoms with E-state index < -0.39 is 23.0 Å². The second-order valence-electron chi connectivity index (χ2n) is 10.2. The molecule has 1 N–H and O–H groups in total. The zero-order valence-electron chi connectivity index (χ0n) is 22.4. The monoisotopic (exact) mass is 638 g/mol. The highest BCUT2D eigenvalue weighted by Gasteiger charge is 2.56. The zero-order chi connectivity index (χ0) is 29.7. The van der Waals surface area contributed by atoms with Gasteiger partial charge in [-0.05, 0) is 66.2 Å². The Hall–Kier alpha value is -3.57. The molecular weight excluding hydrogens is 615 g/mol. The number of nitrogens with one attached hydrogen (secondary N) is 1. The van der Waals surface area contributed by atoms with E-state index in [4.69, 9.17) is 23.2 Å². The van der Waals surface area contributed by atoms with Gasteiger partial charge < -0.3 is 10.2 Å². The first-order valence-electron chi connectivity index (χ1n) is 13.0. The SMILES string of the molecule is CN(C)c1ccc([C@@H]2c3sc(=O)n(CC(=O)Nc4ccc(Cl)cc4)c3S[C@H]3C(=O)N(c4ccc(Cl)cc4)C(=O)[C@@H]23)cc1. The van der Waals surface area contributed by atoms with Crippen LogP contribution in [0.15, 0.2) is 82.6 Å². The fraction of sp³-hybridized carbons (Fsp3) is 0.200. The number of thioether (sulfide) groups is 1. The van der Waals surface area contributed by atoms with Crippen LogP contribution in [0.4, 0.5) is 17.1 Å². The Balaban J connectivity index is 1.41. The molecule has 3 aromatic carbocycles. The first-order valence-corrected chi connectivity index (χ1v) is 15.4. The molecule has 0 saturated carbocycles. The smallest absolute Gasteiger partial charge is 0.308 e. The summed E-state index contributed by atoms with van der Waals surface area (Å²) < 4.78 is 1.40. The number of rotatable bonds is 6. The number of thiazole rings is 1. The van der Waals surface area contributed by atoms with Crippen LogP contribution in [0.3, 0.4) is 0 Å². The van der Waals surface area contributed by atoms with Crippen molar-refractivity contribution in [3.8, 4) is 0 Å². The van der Waals surface area contributed by atoms with E-state index in [9.17, 15) is 19.2 Å². The van der Waals surface area contributed by atoms with E-state index in [-0.39, 0.29) is 23.2 Å². The number of fused-ring (bicyclic) bond motifs is 2. The van der Waals surface area contributed by atoms with Crippen molar-refractivity contribution in [2.24, 2.45) is 5.92 Å². The average Bonchev–Trinajstić information content (AvgIpc) is 3.41. The number of nitrogens with zero attached hydrogens (tertiary/aromatic N) is 3. The second kappa shape index (κ2) is 11.3. The zero-order valence-corrected chi connectivity index (χ0v) is 25.6. The van der Waals surface area contributed by atoms with Gasteiger partial charge in [-0.2, -0.15) is 0 Å². The molecule has 0 bridgehead atoms. The molecule has 3 amide bonds. The van der Waals surface area contributed by atoms with Crippen LogP contribution in [0.1, 0.15) is 16.4 Å². The van der Waals surface area contributed by atoms with Gasteiger partial charge in [-0.25, -0.2) is 4.90 Å². The summed E-state index contributed by atoms with van der Waals surface area (Å²) in [6.45, 7) is -0.243. The highest BCUT2D eigenvalue weighted by Crippen LogP contribution is 2.54. The molecule has 0 radical (unpaired) electrons. The van der Waals surface area contributed by atoms with Crippen LogP contribution in [-0.2, 0) is 20.9 Å². The van der Waals surface area contributed by atoms with Crippen molar-refractivity contribution in [2.75, 3.05) is 29.2 Å². The number of aromatic nitrogens is 1. The molecule has 42 heavy (non-hydrogen) atoms. The van der Waals surface area contributed by atoms with Crippen molar-refractivity contribution in [2.45, 2.75) is 22.7 Å². The summed E-state index contributed by atoms with van der Waals surface area (Å²) in [7, 11) is 3.87. The van der Waals surface area contributed by atoms with Crippen LogP contribution >= 0.6 is 46.3 Å². The summed E-state index contributed by atoms with van der Waals surface area (Å²) in [5.41, 5.74) is 2.77. The third-order valence-corrected chi connectivity index (χ3v) is 10.4. The lowest BCUT2D eigenvalue weighted by molar-refractivity contribution is -0.122. The van der Waals surface area contributed by atoms with Crippen molar-refractivity contribution < 1.29 is 14.4 Å². The van der Waals surface area contributed by atoms with Crippen molar-refractivity contribution in [3.05, 3.63) is 103 Å². The lowest BCUT2D eigenvalue weighted by Crippen LogP contribution is -2.33. The fourth-order valence-corrected chi connectivity index (χ4v) is 8.34. The third kappa shape index (κ3) is 5.13. The highest BCUT2D eigenvalue weighted by molar-refractivity contribution is 8.00. The Bertz CT molecular complexity index is 1750. The normalized spacial score (nSPS) is 19.4. The molecule has 2 aliphatic rings. The Morgan fingerprint density at radius 2 is 1.50 bits per heavy atom. The molecule has 0 unspecified atom stereocenters. The van der Waals surface area contributed by atoms with E-state index in [1.54, 1.807) is 48.5 Å². The predicted molar refractivity (Wildman–Crippen MR) is 168 cm³/mol. The summed E-state index contributed by atoms with van der Waals surface area (Å²) in [4.78, 5) is 57.7. The maximum absolute atomic E-state index is 14.0. The van der Waals surface area contributed by atoms with Crippen LogP contribution in [-0.4, -0.2) is 41.6 Å². The van der Waals surface area contributed by atoms with Gasteiger partial charge in [0, 0.05) is 46.3 Å².